The first-order chi connectivity index (χ1) is 9.07. The van der Waals surface area contributed by atoms with Crippen LogP contribution in [0.1, 0.15) is 31.2 Å². The van der Waals surface area contributed by atoms with E-state index in [0.717, 1.165) is 25.9 Å². The van der Waals surface area contributed by atoms with E-state index in [-0.39, 0.29) is 12.3 Å². The van der Waals surface area contributed by atoms with Crippen molar-refractivity contribution < 1.29 is 9.90 Å². The fourth-order valence-electron chi connectivity index (χ4n) is 2.74. The van der Waals surface area contributed by atoms with Crippen molar-refractivity contribution in [1.29, 1.82) is 0 Å². The predicted molar refractivity (Wildman–Crippen MR) is 74.3 cm³/mol. The van der Waals surface area contributed by atoms with Crippen molar-refractivity contribution in [2.75, 3.05) is 13.1 Å². The van der Waals surface area contributed by atoms with Crippen molar-refractivity contribution >= 4 is 5.91 Å². The largest absolute Gasteiger partial charge is 0.389 e. The van der Waals surface area contributed by atoms with Crippen molar-refractivity contribution in [3.8, 4) is 0 Å². The highest BCUT2D eigenvalue weighted by molar-refractivity contribution is 5.73. The van der Waals surface area contributed by atoms with E-state index in [1.54, 1.807) is 0 Å². The van der Waals surface area contributed by atoms with Crippen LogP contribution in [0.3, 0.4) is 0 Å². The number of aliphatic hydroxyl groups is 1. The van der Waals surface area contributed by atoms with Crippen molar-refractivity contribution in [3.63, 3.8) is 0 Å². The number of benzene rings is 1. The van der Waals surface area contributed by atoms with Crippen LogP contribution in [0.25, 0.3) is 0 Å². The molecule has 1 heterocycles. The van der Waals surface area contributed by atoms with E-state index in [1.807, 2.05) is 18.2 Å². The Labute approximate surface area is 114 Å². The van der Waals surface area contributed by atoms with Crippen LogP contribution in [0.2, 0.25) is 0 Å². The second kappa shape index (κ2) is 6.17. The molecule has 0 saturated carbocycles. The highest BCUT2D eigenvalue weighted by atomic mass is 16.3. The summed E-state index contributed by atoms with van der Waals surface area (Å²) in [5.74, 6) is -0.339. The van der Waals surface area contributed by atoms with E-state index in [2.05, 4.69) is 17.0 Å². The molecular formula is C15H22N2O2. The number of piperidine rings is 1. The van der Waals surface area contributed by atoms with Gasteiger partial charge in [-0.05, 0) is 31.4 Å². The third-order valence-electron chi connectivity index (χ3n) is 3.72. The average molecular weight is 262 g/mol. The first-order valence-corrected chi connectivity index (χ1v) is 6.84. The fraction of sp³-hybridized carbons (Fsp3) is 0.533. The standard InChI is InChI=1S/C15H22N2O2/c16-14(18)7-9-15(19)8-4-10-17(12-15)11-13-5-2-1-3-6-13/h1-3,5-6,19H,4,7-12H2,(H2,16,18)/t15-/m1/s1. The summed E-state index contributed by atoms with van der Waals surface area (Å²) < 4.78 is 0. The summed E-state index contributed by atoms with van der Waals surface area (Å²) in [6, 6.07) is 10.2. The molecule has 1 amide bonds. The molecule has 19 heavy (non-hydrogen) atoms. The Kier molecular flexibility index (Phi) is 4.56. The van der Waals surface area contributed by atoms with Gasteiger partial charge in [0.2, 0.25) is 5.91 Å². The highest BCUT2D eigenvalue weighted by Crippen LogP contribution is 2.26. The maximum absolute atomic E-state index is 10.9. The van der Waals surface area contributed by atoms with Crippen molar-refractivity contribution in [2.45, 2.75) is 37.8 Å². The molecule has 1 saturated heterocycles. The highest BCUT2D eigenvalue weighted by Gasteiger charge is 2.33. The Balaban J connectivity index is 1.91. The number of likely N-dealkylation sites (tertiary alicyclic amines) is 1. The number of hydrogen-bond acceptors (Lipinski definition) is 3. The molecule has 0 aromatic heterocycles. The summed E-state index contributed by atoms with van der Waals surface area (Å²) in [4.78, 5) is 13.1. The molecule has 1 aromatic carbocycles. The monoisotopic (exact) mass is 262 g/mol. The molecule has 1 aromatic rings. The maximum atomic E-state index is 10.9. The number of rotatable bonds is 5. The van der Waals surface area contributed by atoms with Crippen LogP contribution in [0, 0.1) is 0 Å². The van der Waals surface area contributed by atoms with Gasteiger partial charge in [-0.15, -0.1) is 0 Å². The number of β-amino-alcohol motifs (C(OH)–C–C–N with tert-alkyl or cyclic N) is 1. The van der Waals surface area contributed by atoms with Gasteiger partial charge in [0.25, 0.3) is 0 Å². The number of nitrogens with zero attached hydrogens (tertiary/aromatic N) is 1. The van der Waals surface area contributed by atoms with Crippen LogP contribution in [0.5, 0.6) is 0 Å². The van der Waals surface area contributed by atoms with Crippen molar-refractivity contribution in [1.82, 2.24) is 4.90 Å². The third kappa shape index (κ3) is 4.33. The van der Waals surface area contributed by atoms with Gasteiger partial charge >= 0.3 is 0 Å². The summed E-state index contributed by atoms with van der Waals surface area (Å²) >= 11 is 0. The molecule has 1 aliphatic rings. The topological polar surface area (TPSA) is 66.6 Å². The van der Waals surface area contributed by atoms with E-state index in [0.29, 0.717) is 13.0 Å². The minimum atomic E-state index is -0.762. The fourth-order valence-corrected chi connectivity index (χ4v) is 2.74. The maximum Gasteiger partial charge on any atom is 0.217 e. The van der Waals surface area contributed by atoms with Gasteiger partial charge in [-0.3, -0.25) is 9.69 Å². The quantitative estimate of drug-likeness (QED) is 0.840. The van der Waals surface area contributed by atoms with Crippen molar-refractivity contribution in [2.24, 2.45) is 5.73 Å². The summed E-state index contributed by atoms with van der Waals surface area (Å²) in [6.07, 6.45) is 2.44. The predicted octanol–water partition coefficient (Wildman–Crippen LogP) is 1.28. The molecule has 4 heteroatoms. The lowest BCUT2D eigenvalue weighted by atomic mass is 9.88. The van der Waals surface area contributed by atoms with E-state index in [9.17, 15) is 9.90 Å². The first kappa shape index (κ1) is 14.0. The van der Waals surface area contributed by atoms with Crippen LogP contribution in [0.4, 0.5) is 0 Å². The Bertz CT molecular complexity index is 421. The minimum absolute atomic E-state index is 0.260. The van der Waals surface area contributed by atoms with Crippen LogP contribution >= 0.6 is 0 Å². The number of hydrogen-bond donors (Lipinski definition) is 2. The number of amides is 1. The molecule has 0 radical (unpaired) electrons. The van der Waals surface area contributed by atoms with Crippen molar-refractivity contribution in [3.05, 3.63) is 35.9 Å². The lowest BCUT2D eigenvalue weighted by molar-refractivity contribution is -0.120. The Morgan fingerprint density at radius 2 is 2.11 bits per heavy atom. The molecule has 0 bridgehead atoms. The summed E-state index contributed by atoms with van der Waals surface area (Å²) in [6.45, 7) is 2.46. The third-order valence-corrected chi connectivity index (χ3v) is 3.72. The minimum Gasteiger partial charge on any atom is -0.389 e. The SMILES string of the molecule is NC(=O)CC[C@]1(O)CCCN(Cc2ccccc2)C1. The van der Waals surface area contributed by atoms with Gasteiger partial charge < -0.3 is 10.8 Å². The zero-order valence-corrected chi connectivity index (χ0v) is 11.2. The molecule has 0 spiro atoms. The van der Waals surface area contributed by atoms with Crippen LogP contribution in [0.15, 0.2) is 30.3 Å². The number of primary amides is 1. The smallest absolute Gasteiger partial charge is 0.217 e. The molecule has 0 unspecified atom stereocenters. The molecular weight excluding hydrogens is 240 g/mol. The summed E-state index contributed by atoms with van der Waals surface area (Å²) in [7, 11) is 0. The number of nitrogens with two attached hydrogens (primary N) is 1. The van der Waals surface area contributed by atoms with E-state index >= 15 is 0 Å². The van der Waals surface area contributed by atoms with E-state index in [4.69, 9.17) is 5.73 Å². The molecule has 2 rings (SSSR count). The normalized spacial score (nSPS) is 24.3. The number of carbonyl (C=O) groups excluding carboxylic acids is 1. The first-order valence-electron chi connectivity index (χ1n) is 6.84. The van der Waals surface area contributed by atoms with Gasteiger partial charge in [0.1, 0.15) is 0 Å². The van der Waals surface area contributed by atoms with Gasteiger partial charge in [0, 0.05) is 19.5 Å². The van der Waals surface area contributed by atoms with Gasteiger partial charge in [-0.2, -0.15) is 0 Å². The molecule has 1 fully saturated rings. The molecule has 1 atom stereocenters. The van der Waals surface area contributed by atoms with Crippen LogP contribution < -0.4 is 5.73 Å². The van der Waals surface area contributed by atoms with Gasteiger partial charge in [-0.25, -0.2) is 0 Å². The van der Waals surface area contributed by atoms with Gasteiger partial charge in [0.15, 0.2) is 0 Å². The summed E-state index contributed by atoms with van der Waals surface area (Å²) in [5, 5.41) is 10.5. The second-order valence-electron chi connectivity index (χ2n) is 5.49. The Morgan fingerprint density at radius 1 is 1.37 bits per heavy atom. The van der Waals surface area contributed by atoms with E-state index < -0.39 is 5.60 Å². The molecule has 104 valence electrons. The zero-order valence-electron chi connectivity index (χ0n) is 11.2. The zero-order chi connectivity index (χ0) is 13.7. The molecule has 3 N–H and O–H groups in total. The van der Waals surface area contributed by atoms with Crippen LogP contribution in [-0.4, -0.2) is 34.6 Å². The average Bonchev–Trinajstić information content (AvgIpc) is 2.38. The lowest BCUT2D eigenvalue weighted by Crippen LogP contribution is -2.48. The molecule has 1 aliphatic heterocycles. The summed E-state index contributed by atoms with van der Waals surface area (Å²) in [5.41, 5.74) is 5.65. The molecule has 4 nitrogen and oxygen atoms in total. The Hall–Kier alpha value is -1.39. The van der Waals surface area contributed by atoms with Crippen LogP contribution in [-0.2, 0) is 11.3 Å². The van der Waals surface area contributed by atoms with Gasteiger partial charge in [-0.1, -0.05) is 30.3 Å². The van der Waals surface area contributed by atoms with Gasteiger partial charge in [0.05, 0.1) is 5.60 Å². The van der Waals surface area contributed by atoms with E-state index in [1.165, 1.54) is 5.56 Å². The lowest BCUT2D eigenvalue weighted by Gasteiger charge is -2.39. The second-order valence-corrected chi connectivity index (χ2v) is 5.49. The Morgan fingerprint density at radius 3 is 2.79 bits per heavy atom. The molecule has 0 aliphatic carbocycles. The number of carbonyl (C=O) groups is 1.